The molecule has 110 valence electrons. The minimum absolute atomic E-state index is 0.0952. The van der Waals surface area contributed by atoms with Gasteiger partial charge in [-0.1, -0.05) is 19.1 Å². The second-order valence-corrected chi connectivity index (χ2v) is 4.60. The summed E-state index contributed by atoms with van der Waals surface area (Å²) in [7, 11) is 0. The second-order valence-electron chi connectivity index (χ2n) is 4.60. The third-order valence-electron chi connectivity index (χ3n) is 2.96. The van der Waals surface area contributed by atoms with Crippen molar-refractivity contribution >= 4 is 11.9 Å². The Morgan fingerprint density at radius 3 is 2.67 bits per heavy atom. The van der Waals surface area contributed by atoms with Gasteiger partial charge in [-0.05, 0) is 25.5 Å². The van der Waals surface area contributed by atoms with Crippen LogP contribution in [0.5, 0.6) is 5.75 Å². The van der Waals surface area contributed by atoms with Crippen molar-refractivity contribution in [2.24, 2.45) is 5.73 Å². The highest BCUT2D eigenvalue weighted by atomic mass is 16.5. The molecule has 0 saturated carbocycles. The fraction of sp³-hybridized carbons (Fsp3) is 0.267. The lowest BCUT2D eigenvalue weighted by Gasteiger charge is -2.14. The van der Waals surface area contributed by atoms with Crippen LogP contribution in [0.25, 0.3) is 11.3 Å². The first-order valence-corrected chi connectivity index (χ1v) is 6.70. The van der Waals surface area contributed by atoms with Gasteiger partial charge in [-0.25, -0.2) is 9.97 Å². The minimum Gasteiger partial charge on any atom is -0.493 e. The first-order chi connectivity index (χ1) is 10.0. The van der Waals surface area contributed by atoms with E-state index in [4.69, 9.17) is 16.2 Å². The first-order valence-electron chi connectivity index (χ1n) is 6.70. The molecule has 0 aliphatic carbocycles. The van der Waals surface area contributed by atoms with Crippen molar-refractivity contribution in [1.29, 1.82) is 0 Å². The molecule has 0 aliphatic rings. The van der Waals surface area contributed by atoms with Crippen molar-refractivity contribution < 1.29 is 9.53 Å². The largest absolute Gasteiger partial charge is 0.493 e. The van der Waals surface area contributed by atoms with Gasteiger partial charge in [0.15, 0.2) is 0 Å². The Bertz CT molecular complexity index is 671. The molecule has 4 N–H and O–H groups in total. The Morgan fingerprint density at radius 2 is 2.00 bits per heavy atom. The summed E-state index contributed by atoms with van der Waals surface area (Å²) >= 11 is 0. The van der Waals surface area contributed by atoms with Gasteiger partial charge in [0.1, 0.15) is 5.75 Å². The predicted octanol–water partition coefficient (Wildman–Crippen LogP) is 1.92. The van der Waals surface area contributed by atoms with Gasteiger partial charge < -0.3 is 16.2 Å². The SMILES string of the molecule is CCCOc1ccccc1-c1nc(N)nc(C)c1C(N)=O. The van der Waals surface area contributed by atoms with Crippen molar-refractivity contribution in [1.82, 2.24) is 9.97 Å². The van der Waals surface area contributed by atoms with Crippen molar-refractivity contribution in [3.63, 3.8) is 0 Å². The molecule has 6 heteroatoms. The molecule has 2 rings (SSSR count). The fourth-order valence-electron chi connectivity index (χ4n) is 2.08. The lowest BCUT2D eigenvalue weighted by atomic mass is 10.0. The average molecular weight is 286 g/mol. The predicted molar refractivity (Wildman–Crippen MR) is 80.9 cm³/mol. The van der Waals surface area contributed by atoms with Gasteiger partial charge in [-0.3, -0.25) is 4.79 Å². The van der Waals surface area contributed by atoms with Crippen molar-refractivity contribution in [2.45, 2.75) is 20.3 Å². The third kappa shape index (κ3) is 3.10. The number of para-hydroxylation sites is 1. The molecule has 1 heterocycles. The van der Waals surface area contributed by atoms with Crippen molar-refractivity contribution in [3.8, 4) is 17.0 Å². The van der Waals surface area contributed by atoms with Gasteiger partial charge in [-0.15, -0.1) is 0 Å². The number of hydrogen-bond donors (Lipinski definition) is 2. The average Bonchev–Trinajstić information content (AvgIpc) is 2.44. The number of aryl methyl sites for hydroxylation is 1. The lowest BCUT2D eigenvalue weighted by molar-refractivity contribution is 0.0999. The number of anilines is 1. The molecule has 2 aromatic rings. The number of amides is 1. The zero-order valence-corrected chi connectivity index (χ0v) is 12.1. The maximum absolute atomic E-state index is 11.7. The number of ether oxygens (including phenoxy) is 1. The van der Waals surface area contributed by atoms with E-state index in [1.165, 1.54) is 0 Å². The number of nitrogens with zero attached hydrogens (tertiary/aromatic N) is 2. The van der Waals surface area contributed by atoms with E-state index in [1.807, 2.05) is 31.2 Å². The van der Waals surface area contributed by atoms with E-state index in [2.05, 4.69) is 9.97 Å². The Kier molecular flexibility index (Phi) is 4.37. The molecule has 0 radical (unpaired) electrons. The normalized spacial score (nSPS) is 10.4. The van der Waals surface area contributed by atoms with E-state index >= 15 is 0 Å². The molecule has 21 heavy (non-hydrogen) atoms. The smallest absolute Gasteiger partial charge is 0.252 e. The van der Waals surface area contributed by atoms with Gasteiger partial charge in [0.2, 0.25) is 5.95 Å². The number of hydrogen-bond acceptors (Lipinski definition) is 5. The van der Waals surface area contributed by atoms with E-state index in [9.17, 15) is 4.79 Å². The summed E-state index contributed by atoms with van der Waals surface area (Å²) < 4.78 is 5.70. The molecule has 0 bridgehead atoms. The first kappa shape index (κ1) is 14.8. The summed E-state index contributed by atoms with van der Waals surface area (Å²) in [6.45, 7) is 4.27. The molecule has 0 unspecified atom stereocenters. The minimum atomic E-state index is -0.590. The Hall–Kier alpha value is -2.63. The number of nitrogen functional groups attached to an aromatic ring is 1. The molecule has 0 spiro atoms. The summed E-state index contributed by atoms with van der Waals surface area (Å²) in [6.07, 6.45) is 0.877. The van der Waals surface area contributed by atoms with Crippen LogP contribution in [-0.2, 0) is 0 Å². The van der Waals surface area contributed by atoms with E-state index in [0.717, 1.165) is 6.42 Å². The van der Waals surface area contributed by atoms with Gasteiger partial charge in [0, 0.05) is 5.56 Å². The summed E-state index contributed by atoms with van der Waals surface area (Å²) in [6, 6.07) is 7.34. The van der Waals surface area contributed by atoms with Gasteiger partial charge >= 0.3 is 0 Å². The maximum Gasteiger partial charge on any atom is 0.252 e. The zero-order valence-electron chi connectivity index (χ0n) is 12.1. The Balaban J connectivity index is 2.64. The zero-order chi connectivity index (χ0) is 15.4. The molecule has 6 nitrogen and oxygen atoms in total. The van der Waals surface area contributed by atoms with Crippen LogP contribution >= 0.6 is 0 Å². The summed E-state index contributed by atoms with van der Waals surface area (Å²) in [4.78, 5) is 19.9. The number of carbonyl (C=O) groups is 1. The highest BCUT2D eigenvalue weighted by Crippen LogP contribution is 2.32. The molecule has 0 aliphatic heterocycles. The molecule has 0 fully saturated rings. The van der Waals surface area contributed by atoms with Gasteiger partial charge in [-0.2, -0.15) is 0 Å². The Morgan fingerprint density at radius 1 is 1.29 bits per heavy atom. The molecule has 1 amide bonds. The number of primary amides is 1. The van der Waals surface area contributed by atoms with E-state index in [-0.39, 0.29) is 11.5 Å². The van der Waals surface area contributed by atoms with Crippen LogP contribution in [0, 0.1) is 6.92 Å². The summed E-state index contributed by atoms with van der Waals surface area (Å²) in [5.74, 6) is 0.143. The number of carbonyl (C=O) groups excluding carboxylic acids is 1. The van der Waals surface area contributed by atoms with Gasteiger partial charge in [0.25, 0.3) is 5.91 Å². The quantitative estimate of drug-likeness (QED) is 0.873. The number of aromatic nitrogens is 2. The number of rotatable bonds is 5. The van der Waals surface area contributed by atoms with E-state index in [0.29, 0.717) is 29.3 Å². The van der Waals surface area contributed by atoms with E-state index in [1.54, 1.807) is 6.92 Å². The standard InChI is InChI=1S/C15H18N4O2/c1-3-8-21-11-7-5-4-6-10(11)13-12(14(16)20)9(2)18-15(17)19-13/h4-7H,3,8H2,1-2H3,(H2,16,20)(H2,17,18,19). The van der Waals surface area contributed by atoms with Crippen molar-refractivity contribution in [2.75, 3.05) is 12.3 Å². The Labute approximate surface area is 123 Å². The van der Waals surface area contributed by atoms with Gasteiger partial charge in [0.05, 0.1) is 23.6 Å². The summed E-state index contributed by atoms with van der Waals surface area (Å²) in [5, 5.41) is 0. The van der Waals surface area contributed by atoms with Crippen LogP contribution in [0.15, 0.2) is 24.3 Å². The maximum atomic E-state index is 11.7. The van der Waals surface area contributed by atoms with Crippen LogP contribution in [0.2, 0.25) is 0 Å². The van der Waals surface area contributed by atoms with Crippen molar-refractivity contribution in [3.05, 3.63) is 35.5 Å². The highest BCUT2D eigenvalue weighted by molar-refractivity contribution is 6.00. The molecular formula is C15H18N4O2. The molecule has 1 aromatic carbocycles. The van der Waals surface area contributed by atoms with Crippen LogP contribution in [0.4, 0.5) is 5.95 Å². The number of nitrogens with two attached hydrogens (primary N) is 2. The third-order valence-corrected chi connectivity index (χ3v) is 2.96. The van der Waals surface area contributed by atoms with Crippen LogP contribution in [0.1, 0.15) is 29.4 Å². The number of benzene rings is 1. The summed E-state index contributed by atoms with van der Waals surface area (Å²) in [5.41, 5.74) is 12.9. The van der Waals surface area contributed by atoms with E-state index < -0.39 is 5.91 Å². The van der Waals surface area contributed by atoms with Crippen LogP contribution in [0.3, 0.4) is 0 Å². The lowest BCUT2D eigenvalue weighted by Crippen LogP contribution is -2.17. The highest BCUT2D eigenvalue weighted by Gasteiger charge is 2.19. The van der Waals surface area contributed by atoms with Crippen LogP contribution < -0.4 is 16.2 Å². The molecule has 0 atom stereocenters. The monoisotopic (exact) mass is 286 g/mol. The van der Waals surface area contributed by atoms with Crippen LogP contribution in [-0.4, -0.2) is 22.5 Å². The molecule has 0 saturated heterocycles. The topological polar surface area (TPSA) is 104 Å². The molecular weight excluding hydrogens is 268 g/mol. The second kappa shape index (κ2) is 6.21. The molecule has 1 aromatic heterocycles. The fourth-order valence-corrected chi connectivity index (χ4v) is 2.08.